The van der Waals surface area contributed by atoms with Crippen molar-refractivity contribution in [1.82, 2.24) is 4.90 Å². The van der Waals surface area contributed by atoms with Crippen LogP contribution in [0, 0.1) is 0 Å². The smallest absolute Gasteiger partial charge is 0.234 e. The third-order valence-electron chi connectivity index (χ3n) is 3.26. The average Bonchev–Trinajstić information content (AvgIpc) is 2.53. The van der Waals surface area contributed by atoms with E-state index in [1.54, 1.807) is 18.9 Å². The molecule has 0 unspecified atom stereocenters. The Labute approximate surface area is 130 Å². The normalized spacial score (nSPS) is 15.7. The van der Waals surface area contributed by atoms with Gasteiger partial charge in [0.2, 0.25) is 5.91 Å². The van der Waals surface area contributed by atoms with Gasteiger partial charge in [-0.25, -0.2) is 0 Å². The first-order valence-corrected chi connectivity index (χ1v) is 8.25. The molecule has 0 aliphatic carbocycles. The maximum atomic E-state index is 11.8. The van der Waals surface area contributed by atoms with Gasteiger partial charge in [0.25, 0.3) is 0 Å². The number of carbonyl (C=O) groups is 1. The monoisotopic (exact) mass is 310 g/mol. The van der Waals surface area contributed by atoms with Crippen LogP contribution in [0.4, 0.5) is 5.69 Å². The summed E-state index contributed by atoms with van der Waals surface area (Å²) in [5, 5.41) is 2.88. The second-order valence-corrected chi connectivity index (χ2v) is 5.89. The third kappa shape index (κ3) is 5.95. The molecule has 1 fully saturated rings. The minimum Gasteiger partial charge on any atom is -0.497 e. The van der Waals surface area contributed by atoms with Crippen LogP contribution >= 0.6 is 11.8 Å². The number of benzene rings is 1. The fourth-order valence-corrected chi connectivity index (χ4v) is 2.84. The van der Waals surface area contributed by atoms with E-state index in [1.165, 1.54) is 0 Å². The molecule has 21 heavy (non-hydrogen) atoms. The maximum Gasteiger partial charge on any atom is 0.234 e. The standard InChI is InChI=1S/C15H22N2O3S/c1-19-14-4-2-13(3-5-14)16-15(18)12-21-11-8-17-6-9-20-10-7-17/h2-5H,6-12H2,1H3,(H,16,18). The molecule has 6 heteroatoms. The Balaban J connectivity index is 1.60. The van der Waals surface area contributed by atoms with E-state index in [-0.39, 0.29) is 5.91 Å². The van der Waals surface area contributed by atoms with Crippen LogP contribution in [0.1, 0.15) is 0 Å². The van der Waals surface area contributed by atoms with Crippen molar-refractivity contribution < 1.29 is 14.3 Å². The van der Waals surface area contributed by atoms with Gasteiger partial charge >= 0.3 is 0 Å². The molecule has 0 saturated carbocycles. The number of hydrogen-bond acceptors (Lipinski definition) is 5. The molecular formula is C15H22N2O3S. The summed E-state index contributed by atoms with van der Waals surface area (Å²) in [5.41, 5.74) is 0.801. The van der Waals surface area contributed by atoms with Crippen LogP contribution < -0.4 is 10.1 Å². The molecule has 0 radical (unpaired) electrons. The van der Waals surface area contributed by atoms with Crippen LogP contribution in [0.25, 0.3) is 0 Å². The number of carbonyl (C=O) groups excluding carboxylic acids is 1. The molecule has 2 rings (SSSR count). The summed E-state index contributed by atoms with van der Waals surface area (Å²) in [6.07, 6.45) is 0. The molecule has 1 amide bonds. The molecular weight excluding hydrogens is 288 g/mol. The number of methoxy groups -OCH3 is 1. The van der Waals surface area contributed by atoms with Crippen molar-refractivity contribution in [2.45, 2.75) is 0 Å². The van der Waals surface area contributed by atoms with Crippen LogP contribution in [0.2, 0.25) is 0 Å². The van der Waals surface area contributed by atoms with E-state index in [9.17, 15) is 4.79 Å². The van der Waals surface area contributed by atoms with Gasteiger partial charge in [0, 0.05) is 31.1 Å². The lowest BCUT2D eigenvalue weighted by molar-refractivity contribution is -0.113. The summed E-state index contributed by atoms with van der Waals surface area (Å²) in [5.74, 6) is 2.27. The number of anilines is 1. The molecule has 1 saturated heterocycles. The zero-order valence-corrected chi connectivity index (χ0v) is 13.2. The van der Waals surface area contributed by atoms with Gasteiger partial charge in [0.15, 0.2) is 0 Å². The first-order valence-electron chi connectivity index (χ1n) is 7.09. The summed E-state index contributed by atoms with van der Waals surface area (Å²) in [6.45, 7) is 4.66. The fraction of sp³-hybridized carbons (Fsp3) is 0.533. The third-order valence-corrected chi connectivity index (χ3v) is 4.20. The largest absolute Gasteiger partial charge is 0.497 e. The predicted octanol–water partition coefficient (Wildman–Crippen LogP) is 1.70. The Kier molecular flexibility index (Phi) is 6.85. The van der Waals surface area contributed by atoms with Crippen molar-refractivity contribution in [3.8, 4) is 5.75 Å². The van der Waals surface area contributed by atoms with E-state index < -0.39 is 0 Å². The number of rotatable bonds is 7. The highest BCUT2D eigenvalue weighted by atomic mass is 32.2. The lowest BCUT2D eigenvalue weighted by Crippen LogP contribution is -2.37. The second kappa shape index (κ2) is 8.92. The molecule has 1 aliphatic heterocycles. The first kappa shape index (κ1) is 16.1. The molecule has 0 bridgehead atoms. The number of nitrogens with one attached hydrogen (secondary N) is 1. The van der Waals surface area contributed by atoms with Gasteiger partial charge in [-0.2, -0.15) is 11.8 Å². The molecule has 0 atom stereocenters. The van der Waals surface area contributed by atoms with Crippen molar-refractivity contribution in [3.05, 3.63) is 24.3 Å². The summed E-state index contributed by atoms with van der Waals surface area (Å²) >= 11 is 1.66. The number of ether oxygens (including phenoxy) is 2. The molecule has 116 valence electrons. The van der Waals surface area contributed by atoms with Crippen LogP contribution in [0.3, 0.4) is 0 Å². The van der Waals surface area contributed by atoms with Crippen molar-refractivity contribution in [2.24, 2.45) is 0 Å². The van der Waals surface area contributed by atoms with Crippen LogP contribution in [0.15, 0.2) is 24.3 Å². The second-order valence-electron chi connectivity index (χ2n) is 4.78. The SMILES string of the molecule is COc1ccc(NC(=O)CSCCN2CCOCC2)cc1. The minimum atomic E-state index is 0.0344. The van der Waals surface area contributed by atoms with Crippen molar-refractivity contribution in [3.63, 3.8) is 0 Å². The Hall–Kier alpha value is -1.24. The highest BCUT2D eigenvalue weighted by Gasteiger charge is 2.10. The van der Waals surface area contributed by atoms with E-state index in [4.69, 9.17) is 9.47 Å². The van der Waals surface area contributed by atoms with E-state index in [2.05, 4.69) is 10.2 Å². The van der Waals surface area contributed by atoms with E-state index in [0.29, 0.717) is 5.75 Å². The van der Waals surface area contributed by atoms with Gasteiger partial charge in [0.1, 0.15) is 5.75 Å². The van der Waals surface area contributed by atoms with Gasteiger partial charge in [-0.3, -0.25) is 9.69 Å². The predicted molar refractivity (Wildman–Crippen MR) is 86.2 cm³/mol. The van der Waals surface area contributed by atoms with E-state index in [0.717, 1.165) is 50.0 Å². The fourth-order valence-electron chi connectivity index (χ4n) is 2.05. The highest BCUT2D eigenvalue weighted by molar-refractivity contribution is 7.99. The van der Waals surface area contributed by atoms with Gasteiger partial charge in [-0.15, -0.1) is 0 Å². The van der Waals surface area contributed by atoms with Crippen LogP contribution in [0.5, 0.6) is 5.75 Å². The lowest BCUT2D eigenvalue weighted by atomic mass is 10.3. The number of hydrogen-bond donors (Lipinski definition) is 1. The molecule has 0 aromatic heterocycles. The maximum absolute atomic E-state index is 11.8. The van der Waals surface area contributed by atoms with Gasteiger partial charge in [-0.05, 0) is 24.3 Å². The average molecular weight is 310 g/mol. The first-order chi connectivity index (χ1) is 10.3. The Morgan fingerprint density at radius 3 is 2.71 bits per heavy atom. The molecule has 1 aromatic rings. The quantitative estimate of drug-likeness (QED) is 0.777. The molecule has 1 aliphatic rings. The number of thioether (sulfide) groups is 1. The zero-order valence-electron chi connectivity index (χ0n) is 12.3. The van der Waals surface area contributed by atoms with E-state index in [1.807, 2.05) is 24.3 Å². The van der Waals surface area contributed by atoms with Crippen LogP contribution in [-0.4, -0.2) is 62.3 Å². The molecule has 1 heterocycles. The van der Waals surface area contributed by atoms with Gasteiger partial charge in [-0.1, -0.05) is 0 Å². The summed E-state index contributed by atoms with van der Waals surface area (Å²) < 4.78 is 10.4. The minimum absolute atomic E-state index is 0.0344. The van der Waals surface area contributed by atoms with Crippen molar-refractivity contribution in [2.75, 3.05) is 56.8 Å². The molecule has 5 nitrogen and oxygen atoms in total. The molecule has 1 aromatic carbocycles. The van der Waals surface area contributed by atoms with Crippen LogP contribution in [-0.2, 0) is 9.53 Å². The molecule has 0 spiro atoms. The number of amides is 1. The summed E-state index contributed by atoms with van der Waals surface area (Å²) in [4.78, 5) is 14.2. The Morgan fingerprint density at radius 1 is 1.33 bits per heavy atom. The number of nitrogens with zero attached hydrogens (tertiary/aromatic N) is 1. The molecule has 1 N–H and O–H groups in total. The Bertz CT molecular complexity index is 433. The zero-order chi connectivity index (χ0) is 14.9. The van der Waals surface area contributed by atoms with E-state index >= 15 is 0 Å². The van der Waals surface area contributed by atoms with Crippen molar-refractivity contribution in [1.29, 1.82) is 0 Å². The summed E-state index contributed by atoms with van der Waals surface area (Å²) in [6, 6.07) is 7.35. The van der Waals surface area contributed by atoms with Crippen molar-refractivity contribution >= 4 is 23.4 Å². The highest BCUT2D eigenvalue weighted by Crippen LogP contribution is 2.15. The number of morpholine rings is 1. The van der Waals surface area contributed by atoms with Gasteiger partial charge in [0.05, 0.1) is 26.1 Å². The Morgan fingerprint density at radius 2 is 2.05 bits per heavy atom. The summed E-state index contributed by atoms with van der Waals surface area (Å²) in [7, 11) is 1.62. The topological polar surface area (TPSA) is 50.8 Å². The van der Waals surface area contributed by atoms with Gasteiger partial charge < -0.3 is 14.8 Å². The lowest BCUT2D eigenvalue weighted by Gasteiger charge is -2.26.